The van der Waals surface area contributed by atoms with Gasteiger partial charge in [0.25, 0.3) is 0 Å². The summed E-state index contributed by atoms with van der Waals surface area (Å²) in [7, 11) is 0. The smallest absolute Gasteiger partial charge is 0.149 e. The summed E-state index contributed by atoms with van der Waals surface area (Å²) in [6.07, 6.45) is 5.09. The van der Waals surface area contributed by atoms with Crippen LogP contribution in [0.15, 0.2) is 53.0 Å². The Balaban J connectivity index is 1.86. The van der Waals surface area contributed by atoms with Crippen LogP contribution in [0.3, 0.4) is 0 Å². The van der Waals surface area contributed by atoms with Gasteiger partial charge < -0.3 is 5.32 Å². The van der Waals surface area contributed by atoms with Gasteiger partial charge in [-0.05, 0) is 35.6 Å². The van der Waals surface area contributed by atoms with Crippen LogP contribution in [-0.4, -0.2) is 0 Å². The van der Waals surface area contributed by atoms with Crippen molar-refractivity contribution >= 4 is 21.6 Å². The second kappa shape index (κ2) is 5.20. The highest BCUT2D eigenvalue weighted by atomic mass is 79.9. The molecule has 1 aliphatic carbocycles. The average Bonchev–Trinajstić information content (AvgIpc) is 2.97. The van der Waals surface area contributed by atoms with Crippen LogP contribution in [0.5, 0.6) is 0 Å². The normalized spacial score (nSPS) is 25.5. The van der Waals surface area contributed by atoms with Gasteiger partial charge in [-0.15, -0.1) is 0 Å². The van der Waals surface area contributed by atoms with Crippen molar-refractivity contribution in [3.8, 4) is 0 Å². The number of hydrogen-bond donors (Lipinski definition) is 1. The summed E-state index contributed by atoms with van der Waals surface area (Å²) in [4.78, 5) is 0. The summed E-state index contributed by atoms with van der Waals surface area (Å²) < 4.78 is 28.8. The Hall–Kier alpha value is -1.68. The van der Waals surface area contributed by atoms with Crippen molar-refractivity contribution in [1.29, 1.82) is 0 Å². The fraction of sp³-hybridized carbons (Fsp3) is 0.222. The molecule has 4 rings (SSSR count). The molecule has 2 aromatic carbocycles. The maximum Gasteiger partial charge on any atom is 0.149 e. The number of benzene rings is 2. The Kier molecular flexibility index (Phi) is 3.30. The Morgan fingerprint density at radius 3 is 2.73 bits per heavy atom. The summed E-state index contributed by atoms with van der Waals surface area (Å²) in [6, 6.07) is 10.4. The van der Waals surface area contributed by atoms with Crippen LogP contribution >= 0.6 is 15.9 Å². The van der Waals surface area contributed by atoms with Crippen LogP contribution in [0.1, 0.15) is 29.5 Å². The van der Waals surface area contributed by atoms with Gasteiger partial charge in [0, 0.05) is 16.5 Å². The lowest BCUT2D eigenvalue weighted by Crippen LogP contribution is -2.30. The molecule has 4 heteroatoms. The predicted molar refractivity (Wildman–Crippen MR) is 86.9 cm³/mol. The van der Waals surface area contributed by atoms with Gasteiger partial charge in [-0.25, -0.2) is 8.78 Å². The molecule has 0 saturated carbocycles. The highest BCUT2D eigenvalue weighted by Crippen LogP contribution is 2.51. The molecule has 22 heavy (non-hydrogen) atoms. The maximum absolute atomic E-state index is 14.2. The van der Waals surface area contributed by atoms with Crippen molar-refractivity contribution in [2.24, 2.45) is 5.92 Å². The molecule has 0 amide bonds. The molecule has 0 unspecified atom stereocenters. The number of hydrogen-bond acceptors (Lipinski definition) is 1. The largest absolute Gasteiger partial charge is 0.375 e. The third-order valence-corrected chi connectivity index (χ3v) is 5.35. The molecule has 0 fully saturated rings. The zero-order valence-electron chi connectivity index (χ0n) is 11.7. The second-order valence-electron chi connectivity index (χ2n) is 5.85. The predicted octanol–water partition coefficient (Wildman–Crippen LogP) is 5.55. The quantitative estimate of drug-likeness (QED) is 0.656. The Labute approximate surface area is 136 Å². The van der Waals surface area contributed by atoms with E-state index in [0.717, 1.165) is 28.1 Å². The first-order chi connectivity index (χ1) is 10.6. The highest BCUT2D eigenvalue weighted by Gasteiger charge is 2.39. The zero-order chi connectivity index (χ0) is 15.3. The minimum atomic E-state index is -0.522. The lowest BCUT2D eigenvalue weighted by molar-refractivity contribution is 0.417. The molecule has 0 radical (unpaired) electrons. The molecule has 0 spiro atoms. The molecule has 1 nitrogen and oxygen atoms in total. The van der Waals surface area contributed by atoms with Crippen LogP contribution in [0, 0.1) is 17.6 Å². The summed E-state index contributed by atoms with van der Waals surface area (Å²) in [5.74, 6) is -0.715. The Morgan fingerprint density at radius 1 is 1.09 bits per heavy atom. The third kappa shape index (κ3) is 2.09. The summed E-state index contributed by atoms with van der Waals surface area (Å²) in [5.41, 5.74) is 2.25. The van der Waals surface area contributed by atoms with E-state index >= 15 is 0 Å². The van der Waals surface area contributed by atoms with Crippen molar-refractivity contribution in [3.05, 3.63) is 75.8 Å². The molecule has 1 heterocycles. The van der Waals surface area contributed by atoms with Crippen molar-refractivity contribution in [2.75, 3.05) is 5.32 Å². The molecule has 1 N–H and O–H groups in total. The Bertz CT molecular complexity index is 772. The van der Waals surface area contributed by atoms with Crippen molar-refractivity contribution in [2.45, 2.75) is 18.4 Å². The molecular weight excluding hydrogens is 348 g/mol. The zero-order valence-corrected chi connectivity index (χ0v) is 13.3. The molecule has 2 aromatic rings. The van der Waals surface area contributed by atoms with Crippen LogP contribution in [0.4, 0.5) is 14.5 Å². The average molecular weight is 362 g/mol. The number of fused-ring (bicyclic) bond motifs is 3. The number of halogens is 3. The first-order valence-electron chi connectivity index (χ1n) is 7.31. The van der Waals surface area contributed by atoms with E-state index in [1.165, 1.54) is 6.07 Å². The molecule has 112 valence electrons. The first kappa shape index (κ1) is 13.9. The van der Waals surface area contributed by atoms with Gasteiger partial charge in [-0.3, -0.25) is 0 Å². The molecular formula is C18H14BrF2N. The molecule has 0 bridgehead atoms. The number of nitrogens with one attached hydrogen (secondary N) is 1. The molecule has 2 aliphatic rings. The fourth-order valence-corrected chi connectivity index (χ4v) is 4.19. The topological polar surface area (TPSA) is 12.0 Å². The van der Waals surface area contributed by atoms with Crippen LogP contribution < -0.4 is 5.32 Å². The van der Waals surface area contributed by atoms with Crippen LogP contribution in [0.2, 0.25) is 0 Å². The second-order valence-corrected chi connectivity index (χ2v) is 6.70. The lowest BCUT2D eigenvalue weighted by atomic mass is 9.77. The van der Waals surface area contributed by atoms with Gasteiger partial charge >= 0.3 is 0 Å². The van der Waals surface area contributed by atoms with Crippen LogP contribution in [-0.2, 0) is 0 Å². The third-order valence-electron chi connectivity index (χ3n) is 4.63. The van der Waals surface area contributed by atoms with Crippen molar-refractivity contribution in [3.63, 3.8) is 0 Å². The summed E-state index contributed by atoms with van der Waals surface area (Å²) >= 11 is 3.58. The van der Waals surface area contributed by atoms with Gasteiger partial charge in [0.15, 0.2) is 0 Å². The fourth-order valence-electron chi connectivity index (χ4n) is 3.66. The van der Waals surface area contributed by atoms with E-state index in [9.17, 15) is 8.78 Å². The number of rotatable bonds is 1. The van der Waals surface area contributed by atoms with E-state index in [4.69, 9.17) is 0 Å². The monoisotopic (exact) mass is 361 g/mol. The van der Waals surface area contributed by atoms with E-state index in [2.05, 4.69) is 33.4 Å². The Morgan fingerprint density at radius 2 is 1.91 bits per heavy atom. The van der Waals surface area contributed by atoms with Crippen LogP contribution in [0.25, 0.3) is 0 Å². The minimum absolute atomic E-state index is 0.00281. The maximum atomic E-state index is 14.2. The van der Waals surface area contributed by atoms with Gasteiger partial charge in [0.2, 0.25) is 0 Å². The van der Waals surface area contributed by atoms with Crippen molar-refractivity contribution < 1.29 is 8.78 Å². The lowest BCUT2D eigenvalue weighted by Gasteiger charge is -2.38. The van der Waals surface area contributed by atoms with E-state index in [1.807, 2.05) is 24.3 Å². The number of allylic oxidation sites excluding steroid dienone is 2. The highest BCUT2D eigenvalue weighted by molar-refractivity contribution is 9.10. The molecule has 0 saturated heterocycles. The van der Waals surface area contributed by atoms with Crippen molar-refractivity contribution in [1.82, 2.24) is 0 Å². The van der Waals surface area contributed by atoms with Gasteiger partial charge in [0.05, 0.1) is 11.7 Å². The van der Waals surface area contributed by atoms with Gasteiger partial charge in [-0.2, -0.15) is 0 Å². The SMILES string of the molecule is Fc1cc(F)c2c(c1)[C@@H]1C=CC[C@@H]1[C@@H](c1ccccc1Br)N2. The minimum Gasteiger partial charge on any atom is -0.375 e. The van der Waals surface area contributed by atoms with E-state index in [0.29, 0.717) is 5.69 Å². The number of anilines is 1. The van der Waals surface area contributed by atoms with E-state index in [1.54, 1.807) is 0 Å². The van der Waals surface area contributed by atoms with E-state index < -0.39 is 11.6 Å². The molecule has 3 atom stereocenters. The standard InChI is InChI=1S/C18H14BrF2N/c19-15-7-2-1-4-13(15)17-12-6-3-5-11(12)14-8-10(20)9-16(21)18(14)22-17/h1-5,7-9,11-12,17,22H,6H2/t11-,12+,17+/m1/s1. The molecule has 0 aromatic heterocycles. The first-order valence-corrected chi connectivity index (χ1v) is 8.11. The molecule has 1 aliphatic heterocycles. The van der Waals surface area contributed by atoms with Gasteiger partial charge in [0.1, 0.15) is 11.6 Å². The summed E-state index contributed by atoms with van der Waals surface area (Å²) in [6.45, 7) is 0. The van der Waals surface area contributed by atoms with E-state index in [-0.39, 0.29) is 17.9 Å². The van der Waals surface area contributed by atoms with Gasteiger partial charge in [-0.1, -0.05) is 46.3 Å². The summed E-state index contributed by atoms with van der Waals surface area (Å²) in [5, 5.41) is 3.31.